The van der Waals surface area contributed by atoms with Gasteiger partial charge < -0.3 is 20.4 Å². The lowest BCUT2D eigenvalue weighted by atomic mass is 10.1. The van der Waals surface area contributed by atoms with Gasteiger partial charge in [-0.1, -0.05) is 11.6 Å². The molecule has 1 atom stereocenters. The quantitative estimate of drug-likeness (QED) is 0.513. The molecule has 0 spiro atoms. The highest BCUT2D eigenvalue weighted by molar-refractivity contribution is 6.36. The zero-order valence-electron chi connectivity index (χ0n) is 17.2. The van der Waals surface area contributed by atoms with Crippen molar-refractivity contribution in [2.45, 2.75) is 18.9 Å². The van der Waals surface area contributed by atoms with Gasteiger partial charge in [0.2, 0.25) is 0 Å². The summed E-state index contributed by atoms with van der Waals surface area (Å²) in [7, 11) is 0. The van der Waals surface area contributed by atoms with Gasteiger partial charge in [-0.25, -0.2) is 0 Å². The molecule has 2 aliphatic rings. The third kappa shape index (κ3) is 4.17. The fourth-order valence-corrected chi connectivity index (χ4v) is 4.15. The van der Waals surface area contributed by atoms with Crippen molar-refractivity contribution in [3.8, 4) is 11.3 Å². The summed E-state index contributed by atoms with van der Waals surface area (Å²) in [6.45, 7) is 1.59. The van der Waals surface area contributed by atoms with Crippen LogP contribution in [-0.4, -0.2) is 35.9 Å². The lowest BCUT2D eigenvalue weighted by Gasteiger charge is -2.11. The molecular formula is C24H21ClN4O3. The van der Waals surface area contributed by atoms with Gasteiger partial charge in [-0.15, -0.1) is 0 Å². The number of rotatable bonds is 5. The highest BCUT2D eigenvalue weighted by atomic mass is 35.5. The van der Waals surface area contributed by atoms with Crippen LogP contribution in [0.1, 0.15) is 34.5 Å². The van der Waals surface area contributed by atoms with Crippen LogP contribution in [0, 0.1) is 0 Å². The Balaban J connectivity index is 1.35. The van der Waals surface area contributed by atoms with Crippen LogP contribution in [-0.2, 0) is 4.79 Å². The Kier molecular flexibility index (Phi) is 5.51. The Labute approximate surface area is 189 Å². The second kappa shape index (κ2) is 8.61. The third-order valence-electron chi connectivity index (χ3n) is 5.63. The van der Waals surface area contributed by atoms with E-state index >= 15 is 0 Å². The first-order chi connectivity index (χ1) is 15.6. The van der Waals surface area contributed by atoms with E-state index in [0.29, 0.717) is 51.5 Å². The highest BCUT2D eigenvalue weighted by Crippen LogP contribution is 2.35. The van der Waals surface area contributed by atoms with Crippen LogP contribution in [0.4, 0.5) is 5.69 Å². The third-order valence-corrected chi connectivity index (χ3v) is 5.87. The lowest BCUT2D eigenvalue weighted by Crippen LogP contribution is -2.37. The summed E-state index contributed by atoms with van der Waals surface area (Å²) < 4.78 is 5.93. The first kappa shape index (κ1) is 20.5. The molecule has 1 saturated heterocycles. The van der Waals surface area contributed by atoms with Gasteiger partial charge in [0, 0.05) is 46.8 Å². The molecule has 3 aromatic rings. The van der Waals surface area contributed by atoms with Gasteiger partial charge in [0.25, 0.3) is 11.8 Å². The van der Waals surface area contributed by atoms with Crippen LogP contribution in [0.3, 0.4) is 0 Å². The minimum atomic E-state index is -0.211. The van der Waals surface area contributed by atoms with Gasteiger partial charge >= 0.3 is 0 Å². The van der Waals surface area contributed by atoms with E-state index in [0.717, 1.165) is 24.9 Å². The Morgan fingerprint density at radius 1 is 1.25 bits per heavy atom. The van der Waals surface area contributed by atoms with Crippen LogP contribution < -0.4 is 16.0 Å². The Hall–Kier alpha value is -3.42. The minimum Gasteiger partial charge on any atom is -0.457 e. The molecule has 2 amide bonds. The van der Waals surface area contributed by atoms with Crippen molar-refractivity contribution in [1.82, 2.24) is 15.6 Å². The van der Waals surface area contributed by atoms with Crippen LogP contribution in [0.25, 0.3) is 23.0 Å². The van der Waals surface area contributed by atoms with Gasteiger partial charge in [0.15, 0.2) is 0 Å². The molecule has 8 heteroatoms. The van der Waals surface area contributed by atoms with Gasteiger partial charge in [0.1, 0.15) is 11.5 Å². The number of fused-ring (bicyclic) bond motifs is 1. The summed E-state index contributed by atoms with van der Waals surface area (Å²) in [5.74, 6) is 0.691. The highest BCUT2D eigenvalue weighted by Gasteiger charge is 2.25. The summed E-state index contributed by atoms with van der Waals surface area (Å²) in [4.78, 5) is 29.1. The standard InChI is InChI=1S/C24H21ClN4O3/c25-16-3-5-21-19(9-16)20(24(31)29-21)10-18-4-6-22(32-18)14-8-15(12-26-11-14)23(30)28-13-17-2-1-7-27-17/h3-6,8-12,17,27H,1-2,7,13H2,(H,28,30)(H,29,31)/b20-10+. The van der Waals surface area contributed by atoms with E-state index in [1.807, 2.05) is 0 Å². The average Bonchev–Trinajstić information content (AvgIpc) is 3.54. The number of pyridine rings is 1. The Bertz CT molecular complexity index is 1230. The van der Waals surface area contributed by atoms with Crippen molar-refractivity contribution in [3.05, 3.63) is 70.7 Å². The van der Waals surface area contributed by atoms with Crippen molar-refractivity contribution in [1.29, 1.82) is 0 Å². The summed E-state index contributed by atoms with van der Waals surface area (Å²) in [5, 5.41) is 9.68. The van der Waals surface area contributed by atoms with Gasteiger partial charge in [0.05, 0.1) is 11.1 Å². The van der Waals surface area contributed by atoms with Crippen molar-refractivity contribution < 1.29 is 14.0 Å². The van der Waals surface area contributed by atoms with Crippen LogP contribution in [0.15, 0.2) is 53.2 Å². The van der Waals surface area contributed by atoms with Crippen molar-refractivity contribution >= 4 is 40.8 Å². The summed E-state index contributed by atoms with van der Waals surface area (Å²) in [6.07, 6.45) is 7.06. The smallest absolute Gasteiger partial charge is 0.256 e. The molecule has 1 fully saturated rings. The number of carbonyl (C=O) groups is 2. The number of furan rings is 1. The Morgan fingerprint density at radius 3 is 3.00 bits per heavy atom. The number of anilines is 1. The minimum absolute atomic E-state index is 0.168. The second-order valence-corrected chi connectivity index (χ2v) is 8.31. The maximum absolute atomic E-state index is 12.5. The second-order valence-electron chi connectivity index (χ2n) is 7.87. The number of aromatic nitrogens is 1. The van der Waals surface area contributed by atoms with Gasteiger partial charge in [-0.05, 0) is 61.9 Å². The molecule has 7 nitrogen and oxygen atoms in total. The zero-order chi connectivity index (χ0) is 22.1. The SMILES string of the molecule is O=C1Nc2ccc(Cl)cc2/C1=C\c1ccc(-c2cncc(C(=O)NCC3CCCN3)c2)o1. The summed E-state index contributed by atoms with van der Waals surface area (Å²) in [6, 6.07) is 10.9. The molecule has 0 bridgehead atoms. The maximum Gasteiger partial charge on any atom is 0.256 e. The van der Waals surface area contributed by atoms with Gasteiger partial charge in [-0.2, -0.15) is 0 Å². The van der Waals surface area contributed by atoms with E-state index in [1.165, 1.54) is 6.20 Å². The van der Waals surface area contributed by atoms with Crippen molar-refractivity contribution in [3.63, 3.8) is 0 Å². The monoisotopic (exact) mass is 448 g/mol. The molecule has 0 aliphatic carbocycles. The summed E-state index contributed by atoms with van der Waals surface area (Å²) in [5.41, 5.74) is 3.08. The van der Waals surface area contributed by atoms with Crippen LogP contribution >= 0.6 is 11.6 Å². The van der Waals surface area contributed by atoms with E-state index in [2.05, 4.69) is 20.9 Å². The first-order valence-electron chi connectivity index (χ1n) is 10.5. The molecule has 32 heavy (non-hydrogen) atoms. The number of amides is 2. The number of hydrogen-bond acceptors (Lipinski definition) is 5. The fraction of sp³-hybridized carbons (Fsp3) is 0.208. The number of nitrogens with one attached hydrogen (secondary N) is 3. The van der Waals surface area contributed by atoms with E-state index in [4.69, 9.17) is 16.0 Å². The van der Waals surface area contributed by atoms with Crippen LogP contribution in [0.5, 0.6) is 0 Å². The molecular weight excluding hydrogens is 428 g/mol. The predicted molar refractivity (Wildman–Crippen MR) is 123 cm³/mol. The largest absolute Gasteiger partial charge is 0.457 e. The van der Waals surface area contributed by atoms with E-state index in [1.54, 1.807) is 48.7 Å². The number of carbonyl (C=O) groups excluding carboxylic acids is 2. The lowest BCUT2D eigenvalue weighted by molar-refractivity contribution is -0.110. The molecule has 3 N–H and O–H groups in total. The first-order valence-corrected chi connectivity index (χ1v) is 10.8. The van der Waals surface area contributed by atoms with E-state index < -0.39 is 0 Å². The van der Waals surface area contributed by atoms with Crippen molar-refractivity contribution in [2.75, 3.05) is 18.4 Å². The van der Waals surface area contributed by atoms with Gasteiger partial charge in [-0.3, -0.25) is 14.6 Å². The summed E-state index contributed by atoms with van der Waals surface area (Å²) >= 11 is 6.09. The molecule has 1 unspecified atom stereocenters. The molecule has 0 radical (unpaired) electrons. The Morgan fingerprint density at radius 2 is 2.16 bits per heavy atom. The van der Waals surface area contributed by atoms with Crippen LogP contribution in [0.2, 0.25) is 5.02 Å². The van der Waals surface area contributed by atoms with E-state index in [-0.39, 0.29) is 11.8 Å². The average molecular weight is 449 g/mol. The molecule has 4 heterocycles. The molecule has 1 aromatic carbocycles. The molecule has 0 saturated carbocycles. The molecule has 2 aromatic heterocycles. The molecule has 5 rings (SSSR count). The fourth-order valence-electron chi connectivity index (χ4n) is 3.98. The number of hydrogen-bond donors (Lipinski definition) is 3. The van der Waals surface area contributed by atoms with E-state index in [9.17, 15) is 9.59 Å². The number of halogens is 1. The van der Waals surface area contributed by atoms with Crippen molar-refractivity contribution in [2.24, 2.45) is 0 Å². The number of benzene rings is 1. The normalized spacial score (nSPS) is 18.6. The molecule has 162 valence electrons. The number of nitrogens with zero attached hydrogens (tertiary/aromatic N) is 1. The zero-order valence-corrected chi connectivity index (χ0v) is 17.9. The predicted octanol–water partition coefficient (Wildman–Crippen LogP) is 3.97. The maximum atomic E-state index is 12.5. The topological polar surface area (TPSA) is 96.3 Å². The molecule has 2 aliphatic heterocycles.